The molecule has 0 unspecified atom stereocenters. The third kappa shape index (κ3) is 3.29. The Hall–Kier alpha value is -0.660. The van der Waals surface area contributed by atoms with Crippen molar-refractivity contribution < 1.29 is 17.0 Å². The summed E-state index contributed by atoms with van der Waals surface area (Å²) in [4.78, 5) is 0. The van der Waals surface area contributed by atoms with Crippen LogP contribution in [-0.4, -0.2) is 8.42 Å². The summed E-state index contributed by atoms with van der Waals surface area (Å²) in [6.07, 6.45) is 0. The van der Waals surface area contributed by atoms with Gasteiger partial charge in [-0.2, -0.15) is 13.6 Å². The minimum Gasteiger partial charge on any atom is -0.371 e. The van der Waals surface area contributed by atoms with Gasteiger partial charge < -0.3 is 4.18 Å². The molecule has 0 aliphatic rings. The van der Waals surface area contributed by atoms with Crippen LogP contribution in [0, 0.1) is 5.82 Å². The Morgan fingerprint density at radius 1 is 1.46 bits per heavy atom. The van der Waals surface area contributed by atoms with Gasteiger partial charge in [-0.1, -0.05) is 0 Å². The van der Waals surface area contributed by atoms with Crippen molar-refractivity contribution in [2.24, 2.45) is 5.14 Å². The third-order valence-electron chi connectivity index (χ3n) is 1.10. The summed E-state index contributed by atoms with van der Waals surface area (Å²) in [5.74, 6) is -0.788. The molecule has 0 saturated heterocycles. The average Bonchev–Trinajstić information content (AvgIpc) is 1.94. The lowest BCUT2D eigenvalue weighted by Gasteiger charge is -2.02. The van der Waals surface area contributed by atoms with Crippen molar-refractivity contribution in [3.8, 4) is 5.75 Å². The molecule has 7 heteroatoms. The van der Waals surface area contributed by atoms with Gasteiger partial charge in [-0.15, -0.1) is 0 Å². The lowest BCUT2D eigenvalue weighted by molar-refractivity contribution is 0.484. The number of rotatable bonds is 2. The molecule has 2 N–H and O–H groups in total. The van der Waals surface area contributed by atoms with Gasteiger partial charge in [0.05, 0.1) is 4.47 Å². The summed E-state index contributed by atoms with van der Waals surface area (Å²) in [5, 5.41) is 4.57. The van der Waals surface area contributed by atoms with E-state index in [1.165, 1.54) is 12.1 Å². The van der Waals surface area contributed by atoms with Gasteiger partial charge in [-0.05, 0) is 28.1 Å². The molecule has 72 valence electrons. The molecule has 1 rings (SSSR count). The second-order valence-electron chi connectivity index (χ2n) is 2.15. The highest BCUT2D eigenvalue weighted by Crippen LogP contribution is 2.21. The second kappa shape index (κ2) is 3.60. The van der Waals surface area contributed by atoms with Gasteiger partial charge in [-0.25, -0.2) is 4.39 Å². The van der Waals surface area contributed by atoms with Crippen molar-refractivity contribution in [3.63, 3.8) is 0 Å². The maximum atomic E-state index is 12.8. The van der Waals surface area contributed by atoms with E-state index in [4.69, 9.17) is 0 Å². The van der Waals surface area contributed by atoms with Crippen LogP contribution in [0.4, 0.5) is 4.39 Å². The summed E-state index contributed by atoms with van der Waals surface area (Å²) in [7, 11) is -4.09. The molecule has 0 spiro atoms. The largest absolute Gasteiger partial charge is 0.380 e. The number of halogens is 2. The predicted molar refractivity (Wildman–Crippen MR) is 47.8 cm³/mol. The first kappa shape index (κ1) is 10.4. The first-order chi connectivity index (χ1) is 5.88. The molecule has 0 aromatic heterocycles. The predicted octanol–water partition coefficient (Wildman–Crippen LogP) is 1.17. The van der Waals surface area contributed by atoms with E-state index in [1.54, 1.807) is 0 Å². The zero-order chi connectivity index (χ0) is 10.1. The van der Waals surface area contributed by atoms with Gasteiger partial charge in [0.15, 0.2) is 0 Å². The van der Waals surface area contributed by atoms with Crippen LogP contribution in [0.5, 0.6) is 5.75 Å². The first-order valence-electron chi connectivity index (χ1n) is 3.06. The van der Waals surface area contributed by atoms with Crippen molar-refractivity contribution in [3.05, 3.63) is 28.5 Å². The molecule has 4 nitrogen and oxygen atoms in total. The zero-order valence-electron chi connectivity index (χ0n) is 6.20. The molecule has 1 aromatic rings. The van der Waals surface area contributed by atoms with Gasteiger partial charge in [0.2, 0.25) is 0 Å². The normalized spacial score (nSPS) is 11.3. The number of hydrogen-bond acceptors (Lipinski definition) is 3. The summed E-state index contributed by atoms with van der Waals surface area (Å²) in [6, 6.07) is 3.50. The molecule has 1 aromatic carbocycles. The van der Waals surface area contributed by atoms with Gasteiger partial charge >= 0.3 is 10.3 Å². The molecule has 0 aliphatic heterocycles. The SMILES string of the molecule is NS(=O)(=O)Oc1ccc(Br)c(F)c1. The zero-order valence-corrected chi connectivity index (χ0v) is 8.60. The molecule has 0 fully saturated rings. The highest BCUT2D eigenvalue weighted by molar-refractivity contribution is 9.10. The Balaban J connectivity index is 2.99. The molecule has 13 heavy (non-hydrogen) atoms. The van der Waals surface area contributed by atoms with Crippen molar-refractivity contribution in [1.82, 2.24) is 0 Å². The average molecular weight is 270 g/mol. The summed E-state index contributed by atoms with van der Waals surface area (Å²) in [5.41, 5.74) is 0. The topological polar surface area (TPSA) is 69.4 Å². The maximum Gasteiger partial charge on any atom is 0.380 e. The summed E-state index contributed by atoms with van der Waals surface area (Å²) >= 11 is 2.90. The smallest absolute Gasteiger partial charge is 0.371 e. The van der Waals surface area contributed by atoms with E-state index in [9.17, 15) is 12.8 Å². The molecule has 0 amide bonds. The van der Waals surface area contributed by atoms with Gasteiger partial charge in [0.25, 0.3) is 0 Å². The number of nitrogens with two attached hydrogens (primary N) is 1. The Bertz CT molecular complexity index is 420. The number of hydrogen-bond donors (Lipinski definition) is 1. The van der Waals surface area contributed by atoms with E-state index in [0.717, 1.165) is 6.07 Å². The van der Waals surface area contributed by atoms with E-state index < -0.39 is 16.1 Å². The van der Waals surface area contributed by atoms with Crippen LogP contribution in [0.25, 0.3) is 0 Å². The highest BCUT2D eigenvalue weighted by Gasteiger charge is 2.07. The van der Waals surface area contributed by atoms with Crippen LogP contribution in [-0.2, 0) is 10.3 Å². The quantitative estimate of drug-likeness (QED) is 0.877. The van der Waals surface area contributed by atoms with Gasteiger partial charge in [0.1, 0.15) is 11.6 Å². The van der Waals surface area contributed by atoms with Gasteiger partial charge in [0, 0.05) is 6.07 Å². The Morgan fingerprint density at radius 2 is 2.08 bits per heavy atom. The fraction of sp³-hybridized carbons (Fsp3) is 0. The Kier molecular flexibility index (Phi) is 2.89. The van der Waals surface area contributed by atoms with Gasteiger partial charge in [-0.3, -0.25) is 0 Å². The fourth-order valence-corrected chi connectivity index (χ4v) is 1.28. The lowest BCUT2D eigenvalue weighted by atomic mass is 10.3. The van der Waals surface area contributed by atoms with Crippen LogP contribution >= 0.6 is 15.9 Å². The van der Waals surface area contributed by atoms with Crippen LogP contribution in [0.15, 0.2) is 22.7 Å². The van der Waals surface area contributed by atoms with Crippen LogP contribution in [0.3, 0.4) is 0 Å². The van der Waals surface area contributed by atoms with E-state index in [2.05, 4.69) is 25.3 Å². The van der Waals surface area contributed by atoms with Crippen LogP contribution in [0.2, 0.25) is 0 Å². The van der Waals surface area contributed by atoms with Crippen molar-refractivity contribution in [1.29, 1.82) is 0 Å². The van der Waals surface area contributed by atoms with Crippen molar-refractivity contribution >= 4 is 26.2 Å². The molecular formula is C6H5BrFNO3S. The van der Waals surface area contributed by atoms with Crippen molar-refractivity contribution in [2.75, 3.05) is 0 Å². The third-order valence-corrected chi connectivity index (χ3v) is 2.17. The Morgan fingerprint density at radius 3 is 2.54 bits per heavy atom. The molecular weight excluding hydrogens is 265 g/mol. The van der Waals surface area contributed by atoms with Crippen LogP contribution in [0.1, 0.15) is 0 Å². The minimum atomic E-state index is -4.09. The molecule has 0 saturated carbocycles. The maximum absolute atomic E-state index is 12.8. The summed E-state index contributed by atoms with van der Waals surface area (Å²) < 4.78 is 38.1. The van der Waals surface area contributed by atoms with E-state index >= 15 is 0 Å². The van der Waals surface area contributed by atoms with E-state index in [1.807, 2.05) is 0 Å². The highest BCUT2D eigenvalue weighted by atomic mass is 79.9. The molecule has 0 radical (unpaired) electrons. The lowest BCUT2D eigenvalue weighted by Crippen LogP contribution is -2.18. The molecule has 0 atom stereocenters. The molecule has 0 heterocycles. The fourth-order valence-electron chi connectivity index (χ4n) is 0.663. The Labute approximate surface area is 82.9 Å². The number of benzene rings is 1. The van der Waals surface area contributed by atoms with E-state index in [0.29, 0.717) is 0 Å². The summed E-state index contributed by atoms with van der Waals surface area (Å²) in [6.45, 7) is 0. The molecule has 0 bridgehead atoms. The monoisotopic (exact) mass is 269 g/mol. The van der Waals surface area contributed by atoms with Crippen molar-refractivity contribution in [2.45, 2.75) is 0 Å². The first-order valence-corrected chi connectivity index (χ1v) is 5.32. The second-order valence-corrected chi connectivity index (χ2v) is 4.16. The minimum absolute atomic E-state index is 0.164. The van der Waals surface area contributed by atoms with Crippen LogP contribution < -0.4 is 9.32 Å². The standard InChI is InChI=1S/C6H5BrFNO3S/c7-5-2-1-4(3-6(5)8)12-13(9,10)11/h1-3H,(H2,9,10,11). The van der Waals surface area contributed by atoms with E-state index in [-0.39, 0.29) is 10.2 Å². The molecule has 0 aliphatic carbocycles.